The molecule has 104 valence electrons. The molecule has 0 spiro atoms. The highest BCUT2D eigenvalue weighted by Crippen LogP contribution is 2.16. The number of carbonyl (C=O) groups is 1. The van der Waals surface area contributed by atoms with Gasteiger partial charge in [-0.05, 0) is 38.8 Å². The summed E-state index contributed by atoms with van der Waals surface area (Å²) in [5.41, 5.74) is 0. The molecule has 2 heterocycles. The molecule has 2 saturated heterocycles. The molecule has 2 aliphatic rings. The lowest BCUT2D eigenvalue weighted by Gasteiger charge is -2.34. The fourth-order valence-electron chi connectivity index (χ4n) is 3.16. The smallest absolute Gasteiger partial charge is 0.221 e. The molecule has 4 nitrogen and oxygen atoms in total. The first-order valence-corrected chi connectivity index (χ1v) is 7.53. The molecule has 18 heavy (non-hydrogen) atoms. The van der Waals surface area contributed by atoms with Gasteiger partial charge in [-0.25, -0.2) is 0 Å². The van der Waals surface area contributed by atoms with E-state index in [9.17, 15) is 4.79 Å². The second-order valence-corrected chi connectivity index (χ2v) is 5.58. The van der Waals surface area contributed by atoms with Crippen LogP contribution in [-0.4, -0.2) is 49.1 Å². The van der Waals surface area contributed by atoms with Crippen molar-refractivity contribution in [3.8, 4) is 0 Å². The number of nitrogens with one attached hydrogen (secondary N) is 2. The normalized spacial score (nSPS) is 30.0. The van der Waals surface area contributed by atoms with Crippen molar-refractivity contribution in [3.05, 3.63) is 0 Å². The third kappa shape index (κ3) is 3.95. The largest absolute Gasteiger partial charge is 0.356 e. The average Bonchev–Trinajstić information content (AvgIpc) is 2.62. The Hall–Kier alpha value is -0.610. The van der Waals surface area contributed by atoms with Gasteiger partial charge in [0.05, 0.1) is 0 Å². The van der Waals surface area contributed by atoms with Gasteiger partial charge in [0.25, 0.3) is 0 Å². The Bertz CT molecular complexity index is 264. The molecule has 2 aliphatic heterocycles. The zero-order chi connectivity index (χ0) is 12.8. The summed E-state index contributed by atoms with van der Waals surface area (Å²) < 4.78 is 0. The molecule has 1 amide bonds. The molecule has 0 bridgehead atoms. The summed E-state index contributed by atoms with van der Waals surface area (Å²) in [7, 11) is 0. The first-order valence-electron chi connectivity index (χ1n) is 7.53. The Morgan fingerprint density at radius 1 is 1.22 bits per heavy atom. The van der Waals surface area contributed by atoms with E-state index in [2.05, 4.69) is 22.5 Å². The predicted molar refractivity (Wildman–Crippen MR) is 73.5 cm³/mol. The summed E-state index contributed by atoms with van der Waals surface area (Å²) in [6.45, 7) is 6.39. The summed E-state index contributed by atoms with van der Waals surface area (Å²) >= 11 is 0. The number of nitrogens with zero attached hydrogens (tertiary/aromatic N) is 1. The summed E-state index contributed by atoms with van der Waals surface area (Å²) in [5, 5.41) is 6.58. The van der Waals surface area contributed by atoms with Crippen LogP contribution in [0.3, 0.4) is 0 Å². The molecule has 4 heteroatoms. The van der Waals surface area contributed by atoms with E-state index in [-0.39, 0.29) is 5.91 Å². The van der Waals surface area contributed by atoms with Crippen molar-refractivity contribution in [2.45, 2.75) is 57.5 Å². The van der Waals surface area contributed by atoms with Crippen LogP contribution in [0.15, 0.2) is 0 Å². The number of carbonyl (C=O) groups excluding carboxylic acids is 1. The standard InChI is InChI=1S/C14H27N3O/c1-2-17(11-12-6-3-4-8-15-12)13-7-5-9-16-14(18)10-13/h12-13,15H,2-11H2,1H3,(H,16,18). The van der Waals surface area contributed by atoms with Crippen LogP contribution in [0.2, 0.25) is 0 Å². The Kier molecular flexibility index (Phi) is 5.45. The molecule has 2 fully saturated rings. The highest BCUT2D eigenvalue weighted by atomic mass is 16.1. The van der Waals surface area contributed by atoms with Gasteiger partial charge < -0.3 is 10.6 Å². The van der Waals surface area contributed by atoms with Crippen molar-refractivity contribution in [1.82, 2.24) is 15.5 Å². The van der Waals surface area contributed by atoms with Crippen molar-refractivity contribution < 1.29 is 4.79 Å². The minimum absolute atomic E-state index is 0.229. The maximum atomic E-state index is 11.7. The molecular formula is C14H27N3O. The molecule has 0 aromatic heterocycles. The van der Waals surface area contributed by atoms with Gasteiger partial charge in [-0.1, -0.05) is 13.3 Å². The van der Waals surface area contributed by atoms with E-state index in [0.717, 1.165) is 39.0 Å². The van der Waals surface area contributed by atoms with E-state index in [0.29, 0.717) is 18.5 Å². The van der Waals surface area contributed by atoms with Crippen LogP contribution in [0.25, 0.3) is 0 Å². The van der Waals surface area contributed by atoms with Crippen LogP contribution in [-0.2, 0) is 4.79 Å². The van der Waals surface area contributed by atoms with Gasteiger partial charge in [0, 0.05) is 31.6 Å². The third-order valence-corrected chi connectivity index (χ3v) is 4.25. The highest BCUT2D eigenvalue weighted by Gasteiger charge is 2.25. The second kappa shape index (κ2) is 7.10. The number of hydrogen-bond acceptors (Lipinski definition) is 3. The maximum Gasteiger partial charge on any atom is 0.221 e. The molecule has 2 N–H and O–H groups in total. The van der Waals surface area contributed by atoms with Crippen LogP contribution in [0.5, 0.6) is 0 Å². The van der Waals surface area contributed by atoms with Gasteiger partial charge in [-0.3, -0.25) is 9.69 Å². The van der Waals surface area contributed by atoms with E-state index in [1.165, 1.54) is 19.3 Å². The van der Waals surface area contributed by atoms with E-state index < -0.39 is 0 Å². The Morgan fingerprint density at radius 3 is 2.83 bits per heavy atom. The van der Waals surface area contributed by atoms with Crippen LogP contribution >= 0.6 is 0 Å². The summed E-state index contributed by atoms with van der Waals surface area (Å²) in [4.78, 5) is 14.2. The van der Waals surface area contributed by atoms with E-state index in [1.54, 1.807) is 0 Å². The lowest BCUT2D eigenvalue weighted by molar-refractivity contribution is -0.121. The lowest BCUT2D eigenvalue weighted by Crippen LogP contribution is -2.47. The predicted octanol–water partition coefficient (Wildman–Crippen LogP) is 1.12. The molecule has 0 aromatic rings. The Balaban J connectivity index is 1.87. The van der Waals surface area contributed by atoms with E-state index in [1.807, 2.05) is 0 Å². The van der Waals surface area contributed by atoms with Crippen LogP contribution < -0.4 is 10.6 Å². The Labute approximate surface area is 110 Å². The van der Waals surface area contributed by atoms with Crippen molar-refractivity contribution in [3.63, 3.8) is 0 Å². The molecule has 0 saturated carbocycles. The van der Waals surface area contributed by atoms with Crippen molar-refractivity contribution in [2.75, 3.05) is 26.2 Å². The second-order valence-electron chi connectivity index (χ2n) is 5.58. The van der Waals surface area contributed by atoms with Crippen molar-refractivity contribution in [1.29, 1.82) is 0 Å². The topological polar surface area (TPSA) is 44.4 Å². The number of hydrogen-bond donors (Lipinski definition) is 2. The zero-order valence-corrected chi connectivity index (χ0v) is 11.6. The van der Waals surface area contributed by atoms with Gasteiger partial charge in [-0.2, -0.15) is 0 Å². The minimum atomic E-state index is 0.229. The monoisotopic (exact) mass is 253 g/mol. The fourth-order valence-corrected chi connectivity index (χ4v) is 3.16. The van der Waals surface area contributed by atoms with Crippen molar-refractivity contribution >= 4 is 5.91 Å². The minimum Gasteiger partial charge on any atom is -0.356 e. The lowest BCUT2D eigenvalue weighted by atomic mass is 10.0. The molecule has 0 radical (unpaired) electrons. The van der Waals surface area contributed by atoms with Gasteiger partial charge in [0.2, 0.25) is 5.91 Å². The zero-order valence-electron chi connectivity index (χ0n) is 11.6. The first kappa shape index (κ1) is 13.8. The average molecular weight is 253 g/mol. The molecular weight excluding hydrogens is 226 g/mol. The van der Waals surface area contributed by atoms with Gasteiger partial charge in [0.1, 0.15) is 0 Å². The van der Waals surface area contributed by atoms with Crippen molar-refractivity contribution in [2.24, 2.45) is 0 Å². The molecule has 2 rings (SSSR count). The highest BCUT2D eigenvalue weighted by molar-refractivity contribution is 5.76. The van der Waals surface area contributed by atoms with Gasteiger partial charge >= 0.3 is 0 Å². The third-order valence-electron chi connectivity index (χ3n) is 4.25. The SMILES string of the molecule is CCN(CC1CCCCN1)C1CCCNC(=O)C1. The first-order chi connectivity index (χ1) is 8.79. The Morgan fingerprint density at radius 2 is 2.11 bits per heavy atom. The number of amides is 1. The van der Waals surface area contributed by atoms with Crippen LogP contribution in [0, 0.1) is 0 Å². The summed E-state index contributed by atoms with van der Waals surface area (Å²) in [6.07, 6.45) is 6.90. The summed E-state index contributed by atoms with van der Waals surface area (Å²) in [6, 6.07) is 1.08. The van der Waals surface area contributed by atoms with E-state index >= 15 is 0 Å². The van der Waals surface area contributed by atoms with E-state index in [4.69, 9.17) is 0 Å². The molecule has 0 aromatic carbocycles. The maximum absolute atomic E-state index is 11.7. The molecule has 2 atom stereocenters. The number of likely N-dealkylation sites (N-methyl/N-ethyl adjacent to an activating group) is 1. The summed E-state index contributed by atoms with van der Waals surface area (Å²) in [5.74, 6) is 0.229. The number of piperidine rings is 1. The molecule has 0 aliphatic carbocycles. The number of rotatable bonds is 4. The van der Waals surface area contributed by atoms with Gasteiger partial charge in [0.15, 0.2) is 0 Å². The molecule has 2 unspecified atom stereocenters. The van der Waals surface area contributed by atoms with Gasteiger partial charge in [-0.15, -0.1) is 0 Å². The fraction of sp³-hybridized carbons (Fsp3) is 0.929. The van der Waals surface area contributed by atoms with Crippen LogP contribution in [0.1, 0.15) is 45.4 Å². The quantitative estimate of drug-likeness (QED) is 0.789. The van der Waals surface area contributed by atoms with Crippen LogP contribution in [0.4, 0.5) is 0 Å².